The van der Waals surface area contributed by atoms with Crippen LogP contribution in [0, 0.1) is 5.82 Å². The number of halogens is 4. The van der Waals surface area contributed by atoms with Crippen molar-refractivity contribution in [3.05, 3.63) is 24.0 Å². The van der Waals surface area contributed by atoms with Gasteiger partial charge in [-0.3, -0.25) is 0 Å². The maximum absolute atomic E-state index is 14.0. The number of aromatic nitrogens is 4. The van der Waals surface area contributed by atoms with Gasteiger partial charge >= 0.3 is 6.18 Å². The average molecular weight is 331 g/mol. The fourth-order valence-corrected chi connectivity index (χ4v) is 2.62. The summed E-state index contributed by atoms with van der Waals surface area (Å²) >= 11 is 0. The Kier molecular flexibility index (Phi) is 3.92. The molecule has 1 aliphatic heterocycles. The van der Waals surface area contributed by atoms with Crippen molar-refractivity contribution in [2.45, 2.75) is 25.1 Å². The Hall–Kier alpha value is -2.23. The average Bonchev–Trinajstić information content (AvgIpc) is 2.95. The van der Waals surface area contributed by atoms with E-state index >= 15 is 0 Å². The summed E-state index contributed by atoms with van der Waals surface area (Å²) in [7, 11) is 0. The van der Waals surface area contributed by atoms with Crippen molar-refractivity contribution in [2.24, 2.45) is 0 Å². The van der Waals surface area contributed by atoms with Gasteiger partial charge in [-0.2, -0.15) is 13.2 Å². The van der Waals surface area contributed by atoms with Gasteiger partial charge in [0.05, 0.1) is 18.1 Å². The third-order valence-corrected chi connectivity index (χ3v) is 3.61. The normalized spacial score (nSPS) is 16.7. The van der Waals surface area contributed by atoms with E-state index in [-0.39, 0.29) is 17.3 Å². The minimum absolute atomic E-state index is 0.0733. The molecule has 23 heavy (non-hydrogen) atoms. The van der Waals surface area contributed by atoms with Crippen molar-refractivity contribution in [3.8, 4) is 11.4 Å². The molecule has 2 aromatic rings. The molecule has 0 unspecified atom stereocenters. The zero-order valence-electron chi connectivity index (χ0n) is 11.8. The first kappa shape index (κ1) is 15.7. The molecule has 3 rings (SSSR count). The van der Waals surface area contributed by atoms with Crippen LogP contribution in [0.4, 0.5) is 23.5 Å². The molecular formula is C13H13F4N5O. The van der Waals surface area contributed by atoms with Crippen LogP contribution in [0.5, 0.6) is 0 Å². The van der Waals surface area contributed by atoms with E-state index in [4.69, 9.17) is 10.5 Å². The van der Waals surface area contributed by atoms with E-state index in [0.717, 1.165) is 17.0 Å². The summed E-state index contributed by atoms with van der Waals surface area (Å²) < 4.78 is 59.9. The van der Waals surface area contributed by atoms with Gasteiger partial charge in [0.25, 0.3) is 0 Å². The van der Waals surface area contributed by atoms with Gasteiger partial charge in [0.2, 0.25) is 11.8 Å². The van der Waals surface area contributed by atoms with Crippen LogP contribution in [-0.2, 0) is 10.9 Å². The van der Waals surface area contributed by atoms with Crippen molar-refractivity contribution < 1.29 is 22.3 Å². The molecule has 0 spiro atoms. The van der Waals surface area contributed by atoms with E-state index < -0.39 is 23.9 Å². The smallest absolute Gasteiger partial charge is 0.381 e. The highest BCUT2D eigenvalue weighted by molar-refractivity contribution is 5.56. The number of nitrogen functional groups attached to an aromatic ring is 1. The standard InChI is InChI=1S/C13H13F4N5O/c14-8-5-20-12(18)21-10(8)9-6-19-11(13(15,16)17)22(9)7-1-3-23-4-2-7/h5-7H,1-4H2,(H2,18,20,21). The van der Waals surface area contributed by atoms with Crippen molar-refractivity contribution in [1.82, 2.24) is 19.5 Å². The second kappa shape index (κ2) is 5.76. The van der Waals surface area contributed by atoms with Crippen LogP contribution in [0.15, 0.2) is 12.4 Å². The lowest BCUT2D eigenvalue weighted by atomic mass is 10.1. The van der Waals surface area contributed by atoms with Gasteiger partial charge in [-0.25, -0.2) is 19.3 Å². The molecule has 3 heterocycles. The molecular weight excluding hydrogens is 318 g/mol. The monoisotopic (exact) mass is 331 g/mol. The largest absolute Gasteiger partial charge is 0.449 e. The van der Waals surface area contributed by atoms with E-state index in [1.54, 1.807) is 0 Å². The second-order valence-corrected chi connectivity index (χ2v) is 5.10. The highest BCUT2D eigenvalue weighted by Gasteiger charge is 2.40. The molecule has 0 amide bonds. The molecule has 2 N–H and O–H groups in total. The summed E-state index contributed by atoms with van der Waals surface area (Å²) in [6.45, 7) is 0.655. The third kappa shape index (κ3) is 2.98. The fraction of sp³-hybridized carbons (Fsp3) is 0.462. The Morgan fingerprint density at radius 3 is 2.52 bits per heavy atom. The molecule has 0 aromatic carbocycles. The van der Waals surface area contributed by atoms with Crippen molar-refractivity contribution in [2.75, 3.05) is 18.9 Å². The first-order valence-corrected chi connectivity index (χ1v) is 6.88. The fourth-order valence-electron chi connectivity index (χ4n) is 2.62. The molecule has 0 atom stereocenters. The van der Waals surface area contributed by atoms with Gasteiger partial charge in [0.15, 0.2) is 5.82 Å². The third-order valence-electron chi connectivity index (χ3n) is 3.61. The number of ether oxygens (including phenoxy) is 1. The lowest BCUT2D eigenvalue weighted by molar-refractivity contribution is -0.148. The van der Waals surface area contributed by atoms with Crippen LogP contribution < -0.4 is 5.73 Å². The maximum Gasteiger partial charge on any atom is 0.449 e. The van der Waals surface area contributed by atoms with Gasteiger partial charge in [-0.1, -0.05) is 0 Å². The second-order valence-electron chi connectivity index (χ2n) is 5.10. The lowest BCUT2D eigenvalue weighted by Gasteiger charge is -2.27. The Morgan fingerprint density at radius 2 is 1.87 bits per heavy atom. The molecule has 1 saturated heterocycles. The number of imidazole rings is 1. The van der Waals surface area contributed by atoms with Crippen LogP contribution in [0.25, 0.3) is 11.4 Å². The topological polar surface area (TPSA) is 78.8 Å². The summed E-state index contributed by atoms with van der Waals surface area (Å²) in [4.78, 5) is 10.6. The number of rotatable bonds is 2. The summed E-state index contributed by atoms with van der Waals surface area (Å²) in [6.07, 6.45) is -2.13. The van der Waals surface area contributed by atoms with Crippen LogP contribution in [0.3, 0.4) is 0 Å². The zero-order chi connectivity index (χ0) is 16.6. The molecule has 124 valence electrons. The van der Waals surface area contributed by atoms with Gasteiger partial charge in [0.1, 0.15) is 5.69 Å². The molecule has 6 nitrogen and oxygen atoms in total. The number of anilines is 1. The minimum atomic E-state index is -4.66. The molecule has 1 fully saturated rings. The van der Waals surface area contributed by atoms with Crippen LogP contribution >= 0.6 is 0 Å². The zero-order valence-corrected chi connectivity index (χ0v) is 11.8. The van der Waals surface area contributed by atoms with Crippen molar-refractivity contribution in [3.63, 3.8) is 0 Å². The van der Waals surface area contributed by atoms with Crippen LogP contribution in [0.2, 0.25) is 0 Å². The molecule has 0 bridgehead atoms. The molecule has 0 radical (unpaired) electrons. The predicted molar refractivity (Wildman–Crippen MR) is 71.7 cm³/mol. The van der Waals surface area contributed by atoms with Crippen LogP contribution in [0.1, 0.15) is 24.7 Å². The van der Waals surface area contributed by atoms with E-state index in [1.165, 1.54) is 0 Å². The maximum atomic E-state index is 14.0. The number of nitrogens with two attached hydrogens (primary N) is 1. The Balaban J connectivity index is 2.17. The minimum Gasteiger partial charge on any atom is -0.381 e. The lowest BCUT2D eigenvalue weighted by Crippen LogP contribution is -2.25. The molecule has 1 aliphatic rings. The van der Waals surface area contributed by atoms with E-state index in [9.17, 15) is 17.6 Å². The summed E-state index contributed by atoms with van der Waals surface area (Å²) in [5.41, 5.74) is 5.05. The van der Waals surface area contributed by atoms with Gasteiger partial charge < -0.3 is 15.0 Å². The van der Waals surface area contributed by atoms with Gasteiger partial charge in [-0.15, -0.1) is 0 Å². The molecule has 10 heteroatoms. The van der Waals surface area contributed by atoms with E-state index in [1.807, 2.05) is 0 Å². The Morgan fingerprint density at radius 1 is 1.17 bits per heavy atom. The molecule has 0 saturated carbocycles. The van der Waals surface area contributed by atoms with Crippen molar-refractivity contribution in [1.29, 1.82) is 0 Å². The van der Waals surface area contributed by atoms with E-state index in [0.29, 0.717) is 26.1 Å². The summed E-state index contributed by atoms with van der Waals surface area (Å²) in [6, 6.07) is -0.506. The SMILES string of the molecule is Nc1ncc(F)c(-c2cnc(C(F)(F)F)n2C2CCOCC2)n1. The number of hydrogen-bond acceptors (Lipinski definition) is 5. The first-order chi connectivity index (χ1) is 10.9. The predicted octanol–water partition coefficient (Wildman–Crippen LogP) is 2.43. The summed E-state index contributed by atoms with van der Waals surface area (Å²) in [5, 5.41) is 0. The first-order valence-electron chi connectivity index (χ1n) is 6.88. The quantitative estimate of drug-likeness (QED) is 0.855. The highest BCUT2D eigenvalue weighted by Crippen LogP contribution is 2.37. The molecule has 0 aliphatic carbocycles. The number of alkyl halides is 3. The van der Waals surface area contributed by atoms with Gasteiger partial charge in [0, 0.05) is 19.3 Å². The summed E-state index contributed by atoms with van der Waals surface area (Å²) in [5.74, 6) is -2.17. The number of nitrogens with zero attached hydrogens (tertiary/aromatic N) is 4. The Labute approximate surface area is 128 Å². The molecule has 2 aromatic heterocycles. The van der Waals surface area contributed by atoms with Gasteiger partial charge in [-0.05, 0) is 12.8 Å². The van der Waals surface area contributed by atoms with E-state index in [2.05, 4.69) is 15.0 Å². The number of hydrogen-bond donors (Lipinski definition) is 1. The highest BCUT2D eigenvalue weighted by atomic mass is 19.4. The van der Waals surface area contributed by atoms with Crippen LogP contribution in [-0.4, -0.2) is 32.7 Å². The van der Waals surface area contributed by atoms with Crippen molar-refractivity contribution >= 4 is 5.95 Å². The Bertz CT molecular complexity index is 709.